The van der Waals surface area contributed by atoms with Crippen molar-refractivity contribution in [3.05, 3.63) is 35.6 Å². The first-order valence-corrected chi connectivity index (χ1v) is 7.02. The summed E-state index contributed by atoms with van der Waals surface area (Å²) in [4.78, 5) is 11.1. The van der Waals surface area contributed by atoms with Crippen LogP contribution in [0.5, 0.6) is 0 Å². The third-order valence-corrected chi connectivity index (χ3v) is 4.40. The van der Waals surface area contributed by atoms with Crippen molar-refractivity contribution in [2.24, 2.45) is 0 Å². The number of morpholine rings is 1. The van der Waals surface area contributed by atoms with Crippen LogP contribution in [0.2, 0.25) is 0 Å². The van der Waals surface area contributed by atoms with Crippen LogP contribution in [0, 0.1) is 5.82 Å². The number of carboxylic acids is 1. The average Bonchev–Trinajstić information content (AvgIpc) is 2.47. The zero-order valence-electron chi connectivity index (χ0n) is 11.1. The molecule has 1 aromatic rings. The van der Waals surface area contributed by atoms with Gasteiger partial charge in [0.25, 0.3) is 0 Å². The van der Waals surface area contributed by atoms with Gasteiger partial charge in [-0.3, -0.25) is 0 Å². The molecule has 1 saturated carbocycles. The van der Waals surface area contributed by atoms with E-state index in [0.29, 0.717) is 5.56 Å². The first-order valence-electron chi connectivity index (χ1n) is 7.02. The number of ether oxygens (including phenoxy) is 1. The van der Waals surface area contributed by atoms with Gasteiger partial charge < -0.3 is 15.2 Å². The highest BCUT2D eigenvalue weighted by molar-refractivity contribution is 5.72. The Labute approximate surface area is 116 Å². The summed E-state index contributed by atoms with van der Waals surface area (Å²) >= 11 is 0. The van der Waals surface area contributed by atoms with Gasteiger partial charge in [-0.2, -0.15) is 0 Å². The van der Waals surface area contributed by atoms with Gasteiger partial charge in [-0.05, 0) is 18.9 Å². The van der Waals surface area contributed by atoms with Gasteiger partial charge in [0.05, 0.1) is 11.6 Å². The number of hydrogen-bond donors (Lipinski definition) is 2. The topological polar surface area (TPSA) is 58.6 Å². The molecule has 1 aliphatic carbocycles. The number of benzene rings is 1. The van der Waals surface area contributed by atoms with Crippen molar-refractivity contribution in [1.82, 2.24) is 5.32 Å². The molecule has 2 fully saturated rings. The van der Waals surface area contributed by atoms with E-state index in [0.717, 1.165) is 25.7 Å². The van der Waals surface area contributed by atoms with E-state index in [1.165, 1.54) is 6.07 Å². The van der Waals surface area contributed by atoms with E-state index in [-0.39, 0.29) is 18.5 Å². The molecular weight excluding hydrogens is 261 g/mol. The van der Waals surface area contributed by atoms with Crippen LogP contribution in [0.25, 0.3) is 0 Å². The molecule has 0 spiro atoms. The van der Waals surface area contributed by atoms with Crippen LogP contribution in [0.3, 0.4) is 0 Å². The molecule has 0 bridgehead atoms. The quantitative estimate of drug-likeness (QED) is 0.869. The Morgan fingerprint density at radius 3 is 2.95 bits per heavy atom. The Balaban J connectivity index is 1.97. The molecule has 20 heavy (non-hydrogen) atoms. The Morgan fingerprint density at radius 2 is 2.20 bits per heavy atom. The van der Waals surface area contributed by atoms with Crippen LogP contribution in [0.15, 0.2) is 24.3 Å². The third-order valence-electron chi connectivity index (χ3n) is 4.40. The summed E-state index contributed by atoms with van der Waals surface area (Å²) in [7, 11) is 0. The SMILES string of the molecule is O=C(O)C1CNC2(c3ccccc3F)CCCCC2O1. The molecule has 1 heterocycles. The second kappa shape index (κ2) is 5.14. The van der Waals surface area contributed by atoms with Crippen LogP contribution in [-0.2, 0) is 15.1 Å². The Hall–Kier alpha value is -1.46. The zero-order valence-corrected chi connectivity index (χ0v) is 11.1. The fourth-order valence-electron chi connectivity index (χ4n) is 3.42. The van der Waals surface area contributed by atoms with Crippen molar-refractivity contribution < 1.29 is 19.0 Å². The van der Waals surface area contributed by atoms with E-state index in [1.807, 2.05) is 6.07 Å². The summed E-state index contributed by atoms with van der Waals surface area (Å²) in [5.41, 5.74) is 0.00348. The molecule has 1 saturated heterocycles. The highest BCUT2D eigenvalue weighted by Gasteiger charge is 2.49. The highest BCUT2D eigenvalue weighted by Crippen LogP contribution is 2.42. The maximum Gasteiger partial charge on any atom is 0.334 e. The number of aliphatic carboxylic acids is 1. The maximum absolute atomic E-state index is 14.2. The Kier molecular flexibility index (Phi) is 3.48. The summed E-state index contributed by atoms with van der Waals surface area (Å²) < 4.78 is 19.9. The lowest BCUT2D eigenvalue weighted by atomic mass is 9.73. The Morgan fingerprint density at radius 1 is 1.40 bits per heavy atom. The van der Waals surface area contributed by atoms with Gasteiger partial charge >= 0.3 is 5.97 Å². The highest BCUT2D eigenvalue weighted by atomic mass is 19.1. The van der Waals surface area contributed by atoms with E-state index < -0.39 is 17.6 Å². The molecule has 0 amide bonds. The summed E-state index contributed by atoms with van der Waals surface area (Å²) in [5, 5.41) is 12.4. The second-order valence-electron chi connectivity index (χ2n) is 5.53. The maximum atomic E-state index is 14.2. The number of fused-ring (bicyclic) bond motifs is 1. The van der Waals surface area contributed by atoms with Crippen LogP contribution in [-0.4, -0.2) is 29.8 Å². The molecule has 3 rings (SSSR count). The van der Waals surface area contributed by atoms with Gasteiger partial charge in [-0.15, -0.1) is 0 Å². The number of carbonyl (C=O) groups is 1. The standard InChI is InChI=1S/C15H18FNO3/c16-11-6-2-1-5-10(11)15-8-4-3-7-13(15)20-12(9-17-15)14(18)19/h1-2,5-6,12-13,17H,3-4,7-9H2,(H,18,19). The Bertz CT molecular complexity index is 522. The van der Waals surface area contributed by atoms with Gasteiger partial charge in [0.2, 0.25) is 0 Å². The molecule has 1 aliphatic heterocycles. The largest absolute Gasteiger partial charge is 0.479 e. The smallest absolute Gasteiger partial charge is 0.334 e. The van der Waals surface area contributed by atoms with E-state index in [2.05, 4.69) is 5.32 Å². The number of halogens is 1. The van der Waals surface area contributed by atoms with E-state index >= 15 is 0 Å². The van der Waals surface area contributed by atoms with Crippen molar-refractivity contribution >= 4 is 5.97 Å². The first-order chi connectivity index (χ1) is 9.63. The van der Waals surface area contributed by atoms with Crippen LogP contribution in [0.1, 0.15) is 31.2 Å². The molecule has 108 valence electrons. The van der Waals surface area contributed by atoms with Crippen molar-refractivity contribution in [2.45, 2.75) is 43.4 Å². The molecule has 3 unspecified atom stereocenters. The first kappa shape index (κ1) is 13.5. The monoisotopic (exact) mass is 279 g/mol. The molecule has 2 aliphatic rings. The van der Waals surface area contributed by atoms with E-state index in [9.17, 15) is 9.18 Å². The number of hydrogen-bond acceptors (Lipinski definition) is 3. The van der Waals surface area contributed by atoms with Crippen molar-refractivity contribution in [2.75, 3.05) is 6.54 Å². The lowest BCUT2D eigenvalue weighted by Gasteiger charge is -2.49. The van der Waals surface area contributed by atoms with Gasteiger partial charge in [0.1, 0.15) is 5.82 Å². The third kappa shape index (κ3) is 2.11. The average molecular weight is 279 g/mol. The van der Waals surface area contributed by atoms with Gasteiger partial charge in [-0.1, -0.05) is 31.0 Å². The molecule has 3 atom stereocenters. The fraction of sp³-hybridized carbons (Fsp3) is 0.533. The summed E-state index contributed by atoms with van der Waals surface area (Å²) in [6.07, 6.45) is 2.35. The van der Waals surface area contributed by atoms with E-state index in [4.69, 9.17) is 9.84 Å². The second-order valence-corrected chi connectivity index (χ2v) is 5.53. The summed E-state index contributed by atoms with van der Waals surface area (Å²) in [6, 6.07) is 6.69. The number of carboxylic acid groups (broad SMARTS) is 1. The van der Waals surface area contributed by atoms with Gasteiger partial charge in [-0.25, -0.2) is 9.18 Å². The van der Waals surface area contributed by atoms with Gasteiger partial charge in [0, 0.05) is 12.1 Å². The molecule has 0 aromatic heterocycles. The predicted molar refractivity (Wildman–Crippen MR) is 70.8 cm³/mol. The summed E-state index contributed by atoms with van der Waals surface area (Å²) in [5.74, 6) is -1.23. The lowest BCUT2D eigenvalue weighted by molar-refractivity contribution is -0.171. The van der Waals surface area contributed by atoms with Gasteiger partial charge in [0.15, 0.2) is 6.10 Å². The van der Waals surface area contributed by atoms with Crippen molar-refractivity contribution in [3.8, 4) is 0 Å². The van der Waals surface area contributed by atoms with Crippen molar-refractivity contribution in [3.63, 3.8) is 0 Å². The summed E-state index contributed by atoms with van der Waals surface area (Å²) in [6.45, 7) is 0.208. The molecular formula is C15H18FNO3. The molecule has 5 heteroatoms. The van der Waals surface area contributed by atoms with Crippen LogP contribution >= 0.6 is 0 Å². The molecule has 1 aromatic carbocycles. The predicted octanol–water partition coefficient (Wildman–Crippen LogP) is 2.04. The van der Waals surface area contributed by atoms with Crippen LogP contribution < -0.4 is 5.32 Å². The minimum atomic E-state index is -0.967. The van der Waals surface area contributed by atoms with E-state index in [1.54, 1.807) is 12.1 Å². The lowest BCUT2D eigenvalue weighted by Crippen LogP contribution is -2.63. The fourth-order valence-corrected chi connectivity index (χ4v) is 3.42. The zero-order chi connectivity index (χ0) is 14.2. The van der Waals surface area contributed by atoms with Crippen LogP contribution in [0.4, 0.5) is 4.39 Å². The molecule has 0 radical (unpaired) electrons. The molecule has 4 nitrogen and oxygen atoms in total. The number of rotatable bonds is 2. The normalized spacial score (nSPS) is 33.5. The minimum Gasteiger partial charge on any atom is -0.479 e. The van der Waals surface area contributed by atoms with Crippen molar-refractivity contribution in [1.29, 1.82) is 0 Å². The minimum absolute atomic E-state index is 0.208. The number of nitrogens with one attached hydrogen (secondary N) is 1. The molecule has 2 N–H and O–H groups in total.